The van der Waals surface area contributed by atoms with Gasteiger partial charge >= 0.3 is 0 Å². The van der Waals surface area contributed by atoms with Gasteiger partial charge in [0.1, 0.15) is 0 Å². The zero-order chi connectivity index (χ0) is 40.5. The van der Waals surface area contributed by atoms with Gasteiger partial charge < -0.3 is 0 Å². The van der Waals surface area contributed by atoms with Gasteiger partial charge in [-0.3, -0.25) is 0 Å². The number of hydrogen-bond donors (Lipinski definition) is 0. The number of thiophene rings is 6. The first-order valence-electron chi connectivity index (χ1n) is 21.3. The second kappa shape index (κ2) is 15.7. The Balaban J connectivity index is 0.925. The van der Waals surface area contributed by atoms with Gasteiger partial charge in [0.2, 0.25) is 0 Å². The summed E-state index contributed by atoms with van der Waals surface area (Å²) in [5.41, 5.74) is 0.495. The van der Waals surface area contributed by atoms with E-state index >= 15 is 0 Å². The number of fused-ring (bicyclic) bond motifs is 9. The van der Waals surface area contributed by atoms with Crippen molar-refractivity contribution in [1.82, 2.24) is 0 Å². The summed E-state index contributed by atoms with van der Waals surface area (Å²) in [4.78, 5) is 13.9. The van der Waals surface area contributed by atoms with Gasteiger partial charge in [0.05, 0.1) is 0 Å². The van der Waals surface area contributed by atoms with Crippen molar-refractivity contribution in [2.24, 2.45) is 0 Å². The highest BCUT2D eigenvalue weighted by Crippen LogP contribution is 2.48. The fourth-order valence-electron chi connectivity index (χ4n) is 9.36. The zero-order valence-electron chi connectivity index (χ0n) is 34.8. The molecule has 0 aliphatic rings. The monoisotopic (exact) mass is 878 g/mol. The molecule has 298 valence electrons. The molecule has 0 aliphatic carbocycles. The molecular formula is C53H50S6. The van der Waals surface area contributed by atoms with Crippen molar-refractivity contribution < 1.29 is 0 Å². The Morgan fingerprint density at radius 1 is 0.339 bits per heavy atom. The highest BCUT2D eigenvalue weighted by molar-refractivity contribution is 7.30. The Labute approximate surface area is 372 Å². The SMILES string of the molecule is CCCCC(C)(C)c1ccc(-c2ccc(-c3ccc(-c4ccc(-c5cc6c(ccc7c6ccc6c8ccc9sc(C(C)(CCC)CCC)cc9c8ccc76)s5)s4)s3)s2)s1. The van der Waals surface area contributed by atoms with Gasteiger partial charge in [-0.1, -0.05) is 104 Å². The molecule has 0 radical (unpaired) electrons. The Hall–Kier alpha value is -3.62. The molecule has 0 atom stereocenters. The molecular weight excluding hydrogens is 829 g/mol. The lowest BCUT2D eigenvalue weighted by Gasteiger charge is -2.27. The third-order valence-corrected chi connectivity index (χ3v) is 20.6. The molecule has 0 N–H and O–H groups in total. The lowest BCUT2D eigenvalue weighted by atomic mass is 9.80. The minimum absolute atomic E-state index is 0.240. The topological polar surface area (TPSA) is 0 Å². The van der Waals surface area contributed by atoms with Gasteiger partial charge in [-0.15, -0.1) is 68.0 Å². The molecule has 6 heteroatoms. The maximum atomic E-state index is 2.53. The fraction of sp³-hybridized carbons (Fsp3) is 0.283. The van der Waals surface area contributed by atoms with Gasteiger partial charge in [0.15, 0.2) is 0 Å². The van der Waals surface area contributed by atoms with Gasteiger partial charge in [-0.25, -0.2) is 0 Å². The van der Waals surface area contributed by atoms with E-state index in [-0.39, 0.29) is 10.8 Å². The van der Waals surface area contributed by atoms with Crippen LogP contribution in [0, 0.1) is 0 Å². The molecule has 6 aromatic heterocycles. The third-order valence-electron chi connectivity index (χ3n) is 12.6. The molecule has 0 nitrogen and oxygen atoms in total. The van der Waals surface area contributed by atoms with Crippen LogP contribution in [-0.4, -0.2) is 0 Å². The van der Waals surface area contributed by atoms with Crippen LogP contribution in [0.15, 0.2) is 109 Å². The Morgan fingerprint density at radius 3 is 1.24 bits per heavy atom. The normalized spacial score (nSPS) is 12.7. The molecule has 4 aromatic carbocycles. The van der Waals surface area contributed by atoms with Crippen molar-refractivity contribution >= 4 is 121 Å². The largest absolute Gasteiger partial charge is 0.140 e. The summed E-state index contributed by atoms with van der Waals surface area (Å²) in [6.45, 7) is 14.2. The summed E-state index contributed by atoms with van der Waals surface area (Å²) in [7, 11) is 0. The van der Waals surface area contributed by atoms with E-state index in [1.165, 1.54) is 141 Å². The van der Waals surface area contributed by atoms with E-state index in [9.17, 15) is 0 Å². The molecule has 0 saturated heterocycles. The van der Waals surface area contributed by atoms with Crippen LogP contribution in [0.3, 0.4) is 0 Å². The first-order valence-corrected chi connectivity index (χ1v) is 26.2. The van der Waals surface area contributed by atoms with E-state index in [2.05, 4.69) is 151 Å². The van der Waals surface area contributed by atoms with Crippen molar-refractivity contribution in [2.45, 2.75) is 97.3 Å². The van der Waals surface area contributed by atoms with Crippen LogP contribution in [0.25, 0.3) is 91.5 Å². The number of hydrogen-bond acceptors (Lipinski definition) is 6. The van der Waals surface area contributed by atoms with Crippen LogP contribution in [-0.2, 0) is 10.8 Å². The van der Waals surface area contributed by atoms with Crippen LogP contribution in [0.2, 0.25) is 0 Å². The average molecular weight is 879 g/mol. The quantitative estimate of drug-likeness (QED) is 0.101. The van der Waals surface area contributed by atoms with Crippen molar-refractivity contribution in [1.29, 1.82) is 0 Å². The van der Waals surface area contributed by atoms with Crippen LogP contribution in [0.1, 0.15) is 96.2 Å². The van der Waals surface area contributed by atoms with Crippen molar-refractivity contribution in [3.63, 3.8) is 0 Å². The minimum atomic E-state index is 0.240. The lowest BCUT2D eigenvalue weighted by Crippen LogP contribution is -2.19. The van der Waals surface area contributed by atoms with Gasteiger partial charge in [0, 0.05) is 74.4 Å². The molecule has 10 rings (SSSR count). The van der Waals surface area contributed by atoms with Crippen LogP contribution in [0.5, 0.6) is 0 Å². The molecule has 0 spiro atoms. The number of rotatable bonds is 13. The number of benzene rings is 4. The number of unbranched alkanes of at least 4 members (excludes halogenated alkanes) is 1. The summed E-state index contributed by atoms with van der Waals surface area (Å²) in [6, 6.07) is 42.6. The maximum Gasteiger partial charge on any atom is 0.0455 e. The first kappa shape index (κ1) is 39.5. The Morgan fingerprint density at radius 2 is 0.746 bits per heavy atom. The van der Waals surface area contributed by atoms with Gasteiger partial charge in [0.25, 0.3) is 0 Å². The third kappa shape index (κ3) is 7.06. The van der Waals surface area contributed by atoms with Crippen LogP contribution >= 0.6 is 68.0 Å². The molecule has 0 fully saturated rings. The van der Waals surface area contributed by atoms with Crippen molar-refractivity contribution in [3.05, 3.63) is 119 Å². The first-order chi connectivity index (χ1) is 28.7. The lowest BCUT2D eigenvalue weighted by molar-refractivity contribution is 0.399. The molecule has 59 heavy (non-hydrogen) atoms. The molecule has 0 aliphatic heterocycles. The Kier molecular flexibility index (Phi) is 10.5. The molecule has 0 bridgehead atoms. The highest BCUT2D eigenvalue weighted by atomic mass is 32.1. The van der Waals surface area contributed by atoms with E-state index in [1.54, 1.807) is 4.88 Å². The summed E-state index contributed by atoms with van der Waals surface area (Å²) in [6.07, 6.45) is 8.71. The van der Waals surface area contributed by atoms with Crippen LogP contribution in [0.4, 0.5) is 0 Å². The molecule has 0 unspecified atom stereocenters. The van der Waals surface area contributed by atoms with Crippen molar-refractivity contribution in [2.75, 3.05) is 0 Å². The molecule has 6 heterocycles. The van der Waals surface area contributed by atoms with E-state index in [1.807, 2.05) is 68.0 Å². The van der Waals surface area contributed by atoms with Crippen LogP contribution < -0.4 is 0 Å². The average Bonchev–Trinajstić information content (AvgIpc) is 4.09. The summed E-state index contributed by atoms with van der Waals surface area (Å²) < 4.78 is 2.77. The summed E-state index contributed by atoms with van der Waals surface area (Å²) >= 11 is 11.7. The zero-order valence-corrected chi connectivity index (χ0v) is 39.7. The molecule has 0 saturated carbocycles. The van der Waals surface area contributed by atoms with Crippen molar-refractivity contribution in [3.8, 4) is 39.0 Å². The molecule has 0 amide bonds. The summed E-state index contributed by atoms with van der Waals surface area (Å²) in [5, 5.41) is 10.9. The second-order valence-electron chi connectivity index (χ2n) is 17.3. The second-order valence-corrected chi connectivity index (χ2v) is 23.8. The summed E-state index contributed by atoms with van der Waals surface area (Å²) in [5.74, 6) is 0. The van der Waals surface area contributed by atoms with E-state index in [0.717, 1.165) is 0 Å². The molecule has 10 aromatic rings. The fourth-order valence-corrected chi connectivity index (χ4v) is 16.2. The highest BCUT2D eigenvalue weighted by Gasteiger charge is 2.28. The standard InChI is InChI=1S/C53H50S6/c1-7-10-29-52(4,5)50-26-25-47(59-50)46-22-21-43(56-46)42-19-20-44(55-42)45-23-24-48(57-45)49-30-38-36-13-11-33-32(34(36)15-17-40(38)54-49)12-14-37-35(33)16-18-41-39(37)31-51(58-41)53(6,27-8-2)28-9-3/h11-26,30-31H,7-10,27-29H2,1-6H3. The smallest absolute Gasteiger partial charge is 0.0455 e. The predicted octanol–water partition coefficient (Wildman–Crippen LogP) is 19.8. The van der Waals surface area contributed by atoms with Gasteiger partial charge in [-0.05, 0) is 130 Å². The van der Waals surface area contributed by atoms with E-state index in [0.29, 0.717) is 0 Å². The van der Waals surface area contributed by atoms with Gasteiger partial charge in [-0.2, -0.15) is 0 Å². The predicted molar refractivity (Wildman–Crippen MR) is 273 cm³/mol. The Bertz CT molecular complexity index is 3120. The maximum absolute atomic E-state index is 2.53. The van der Waals surface area contributed by atoms with E-state index in [4.69, 9.17) is 0 Å². The minimum Gasteiger partial charge on any atom is -0.140 e. The van der Waals surface area contributed by atoms with E-state index < -0.39 is 0 Å².